The van der Waals surface area contributed by atoms with Gasteiger partial charge in [0.2, 0.25) is 0 Å². The van der Waals surface area contributed by atoms with Crippen LogP contribution in [0.15, 0.2) is 24.7 Å². The molecule has 0 spiro atoms. The van der Waals surface area contributed by atoms with E-state index in [0.29, 0.717) is 41.8 Å². The molecule has 3 aromatic heterocycles. The van der Waals surface area contributed by atoms with E-state index in [9.17, 15) is 9.18 Å². The molecule has 0 radical (unpaired) electrons. The number of amides is 1. The quantitative estimate of drug-likeness (QED) is 0.640. The minimum atomic E-state index is -0.540. The first-order valence-electron chi connectivity index (χ1n) is 10.4. The summed E-state index contributed by atoms with van der Waals surface area (Å²) in [6.07, 6.45) is 7.42. The van der Waals surface area contributed by atoms with E-state index in [1.54, 1.807) is 18.5 Å². The summed E-state index contributed by atoms with van der Waals surface area (Å²) in [6, 6.07) is 1.67. The highest BCUT2D eigenvalue weighted by atomic mass is 35.5. The molecule has 0 bridgehead atoms. The van der Waals surface area contributed by atoms with E-state index in [4.69, 9.17) is 16.3 Å². The van der Waals surface area contributed by atoms with E-state index in [1.165, 1.54) is 0 Å². The average molecular weight is 445 g/mol. The minimum absolute atomic E-state index is 0.0241. The van der Waals surface area contributed by atoms with Crippen LogP contribution in [-0.4, -0.2) is 62.6 Å². The van der Waals surface area contributed by atoms with Gasteiger partial charge >= 0.3 is 0 Å². The number of hydrogen-bond donors (Lipinski definition) is 2. The van der Waals surface area contributed by atoms with Crippen molar-refractivity contribution in [3.05, 3.63) is 35.5 Å². The zero-order valence-electron chi connectivity index (χ0n) is 16.8. The van der Waals surface area contributed by atoms with Gasteiger partial charge in [0.1, 0.15) is 11.8 Å². The van der Waals surface area contributed by atoms with Crippen LogP contribution in [0.4, 0.5) is 10.2 Å². The van der Waals surface area contributed by atoms with Gasteiger partial charge in [0, 0.05) is 49.1 Å². The predicted molar refractivity (Wildman–Crippen MR) is 114 cm³/mol. The number of H-pyrrole nitrogens is 1. The number of fused-ring (bicyclic) bond motifs is 1. The lowest BCUT2D eigenvalue weighted by Crippen LogP contribution is -2.48. The second kappa shape index (κ2) is 8.39. The van der Waals surface area contributed by atoms with Crippen molar-refractivity contribution in [1.29, 1.82) is 0 Å². The molecule has 5 rings (SSSR count). The Balaban J connectivity index is 1.35. The summed E-state index contributed by atoms with van der Waals surface area (Å²) in [5.74, 6) is -0.0357. The number of carbonyl (C=O) groups excluding carboxylic acids is 1. The summed E-state index contributed by atoms with van der Waals surface area (Å²) < 4.78 is 20.0. The Morgan fingerprint density at radius 2 is 2.19 bits per heavy atom. The van der Waals surface area contributed by atoms with Gasteiger partial charge in [-0.3, -0.25) is 4.79 Å². The third-order valence-corrected chi connectivity index (χ3v) is 5.97. The van der Waals surface area contributed by atoms with Gasteiger partial charge in [-0.2, -0.15) is 0 Å². The number of halogens is 2. The molecule has 2 fully saturated rings. The number of nitrogens with one attached hydrogen (secondary N) is 2. The van der Waals surface area contributed by atoms with Crippen LogP contribution in [0, 0.1) is 5.82 Å². The number of pyridine rings is 1. The summed E-state index contributed by atoms with van der Waals surface area (Å²) in [6.45, 7) is 1.82. The molecule has 3 aromatic rings. The van der Waals surface area contributed by atoms with Crippen molar-refractivity contribution in [2.45, 2.75) is 37.8 Å². The number of carbonyl (C=O) groups is 1. The van der Waals surface area contributed by atoms with Gasteiger partial charge in [-0.15, -0.1) is 0 Å². The molecule has 2 N–H and O–H groups in total. The monoisotopic (exact) mass is 444 g/mol. The predicted octanol–water partition coefficient (Wildman–Crippen LogP) is 3.39. The van der Waals surface area contributed by atoms with Crippen molar-refractivity contribution in [3.8, 4) is 11.4 Å². The molecule has 1 amide bonds. The van der Waals surface area contributed by atoms with E-state index in [1.807, 2.05) is 4.90 Å². The molecule has 0 aromatic carbocycles. The van der Waals surface area contributed by atoms with Crippen LogP contribution in [0.3, 0.4) is 0 Å². The normalized spacial score (nSPS) is 21.5. The van der Waals surface area contributed by atoms with Crippen LogP contribution >= 0.6 is 11.6 Å². The van der Waals surface area contributed by atoms with Crippen LogP contribution in [-0.2, 0) is 9.53 Å². The smallest absolute Gasteiger partial charge is 0.251 e. The fraction of sp³-hybridized carbons (Fsp3) is 0.429. The number of aromatic amines is 1. The SMILES string of the molecule is O=C([C@H]1CCCO1)N1CCC[C@H](Nc2nc(-c3c[nH]c4ncc(Cl)cc34)ncc2F)C1. The van der Waals surface area contributed by atoms with Crippen molar-refractivity contribution >= 4 is 34.4 Å². The standard InChI is InChI=1S/C21H22ClFN6O2/c22-12-7-14-15(9-25-18(14)24-8-12)19-26-10-16(23)20(28-19)27-13-3-1-5-29(11-13)21(30)17-4-2-6-31-17/h7-10,13,17H,1-6,11H2,(H,24,25)(H,26,27,28)/t13-,17+/m0/s1. The molecule has 31 heavy (non-hydrogen) atoms. The lowest BCUT2D eigenvalue weighted by Gasteiger charge is -2.34. The summed E-state index contributed by atoms with van der Waals surface area (Å²) in [7, 11) is 0. The Bertz CT molecular complexity index is 1120. The van der Waals surface area contributed by atoms with Crippen molar-refractivity contribution in [1.82, 2.24) is 24.8 Å². The van der Waals surface area contributed by atoms with E-state index in [0.717, 1.165) is 37.3 Å². The van der Waals surface area contributed by atoms with Crippen molar-refractivity contribution in [3.63, 3.8) is 0 Å². The van der Waals surface area contributed by atoms with Crippen molar-refractivity contribution < 1.29 is 13.9 Å². The van der Waals surface area contributed by atoms with Crippen LogP contribution < -0.4 is 5.32 Å². The first-order valence-corrected chi connectivity index (χ1v) is 10.8. The molecule has 2 atom stereocenters. The number of likely N-dealkylation sites (tertiary alicyclic amines) is 1. The third-order valence-electron chi connectivity index (χ3n) is 5.76. The van der Waals surface area contributed by atoms with Gasteiger partial charge in [0.25, 0.3) is 5.91 Å². The van der Waals surface area contributed by atoms with Gasteiger partial charge in [0.05, 0.1) is 11.2 Å². The van der Waals surface area contributed by atoms with Gasteiger partial charge < -0.3 is 19.9 Å². The number of rotatable bonds is 4. The number of aromatic nitrogens is 4. The number of hydrogen-bond acceptors (Lipinski definition) is 6. The molecule has 10 heteroatoms. The summed E-state index contributed by atoms with van der Waals surface area (Å²) in [5.41, 5.74) is 1.34. The molecule has 8 nitrogen and oxygen atoms in total. The van der Waals surface area contributed by atoms with Crippen molar-refractivity contribution in [2.24, 2.45) is 0 Å². The minimum Gasteiger partial charge on any atom is -0.368 e. The van der Waals surface area contributed by atoms with E-state index in [-0.39, 0.29) is 23.9 Å². The van der Waals surface area contributed by atoms with Crippen molar-refractivity contribution in [2.75, 3.05) is 25.0 Å². The molecule has 2 aliphatic rings. The highest BCUT2D eigenvalue weighted by molar-refractivity contribution is 6.31. The lowest BCUT2D eigenvalue weighted by molar-refractivity contribution is -0.142. The molecular weight excluding hydrogens is 423 g/mol. The largest absolute Gasteiger partial charge is 0.368 e. The molecular formula is C21H22ClFN6O2. The van der Waals surface area contributed by atoms with Crippen LogP contribution in [0.25, 0.3) is 22.4 Å². The second-order valence-electron chi connectivity index (χ2n) is 7.91. The summed E-state index contributed by atoms with van der Waals surface area (Å²) in [5, 5.41) is 4.43. The lowest BCUT2D eigenvalue weighted by atomic mass is 10.0. The number of anilines is 1. The highest BCUT2D eigenvalue weighted by Gasteiger charge is 2.31. The van der Waals surface area contributed by atoms with Crippen LogP contribution in [0.2, 0.25) is 5.02 Å². The Hall–Kier alpha value is -2.78. The molecule has 2 aliphatic heterocycles. The Morgan fingerprint density at radius 1 is 1.29 bits per heavy atom. The number of nitrogens with zero attached hydrogens (tertiary/aromatic N) is 4. The zero-order chi connectivity index (χ0) is 21.4. The van der Waals surface area contributed by atoms with E-state index >= 15 is 0 Å². The van der Waals surface area contributed by atoms with E-state index < -0.39 is 5.82 Å². The molecule has 0 saturated carbocycles. The van der Waals surface area contributed by atoms with Gasteiger partial charge in [-0.1, -0.05) is 11.6 Å². The van der Waals surface area contributed by atoms with Gasteiger partial charge in [-0.05, 0) is 31.7 Å². The Labute approximate surface area is 183 Å². The van der Waals surface area contributed by atoms with E-state index in [2.05, 4.69) is 25.3 Å². The number of ether oxygens (including phenoxy) is 1. The average Bonchev–Trinajstić information content (AvgIpc) is 3.45. The van der Waals surface area contributed by atoms with Crippen LogP contribution in [0.1, 0.15) is 25.7 Å². The fourth-order valence-electron chi connectivity index (χ4n) is 4.23. The summed E-state index contributed by atoms with van der Waals surface area (Å²) in [4.78, 5) is 30.4. The molecule has 5 heterocycles. The van der Waals surface area contributed by atoms with Gasteiger partial charge in [-0.25, -0.2) is 19.3 Å². The summed E-state index contributed by atoms with van der Waals surface area (Å²) >= 11 is 6.08. The number of piperidine rings is 1. The fourth-order valence-corrected chi connectivity index (χ4v) is 4.38. The first kappa shape index (κ1) is 20.1. The topological polar surface area (TPSA) is 96.0 Å². The Morgan fingerprint density at radius 3 is 3.03 bits per heavy atom. The second-order valence-corrected chi connectivity index (χ2v) is 8.35. The zero-order valence-corrected chi connectivity index (χ0v) is 17.5. The maximum Gasteiger partial charge on any atom is 0.251 e. The molecule has 0 aliphatic carbocycles. The molecule has 0 unspecified atom stereocenters. The molecule has 2 saturated heterocycles. The van der Waals surface area contributed by atoms with Crippen LogP contribution in [0.5, 0.6) is 0 Å². The maximum absolute atomic E-state index is 14.5. The highest BCUT2D eigenvalue weighted by Crippen LogP contribution is 2.28. The Kier molecular flexibility index (Phi) is 5.45. The molecule has 162 valence electrons. The maximum atomic E-state index is 14.5. The third kappa shape index (κ3) is 4.07. The first-order chi connectivity index (χ1) is 15.1. The van der Waals surface area contributed by atoms with Gasteiger partial charge in [0.15, 0.2) is 17.5 Å².